The Labute approximate surface area is 492 Å². The van der Waals surface area contributed by atoms with Gasteiger partial charge in [0.1, 0.15) is 0 Å². The lowest BCUT2D eigenvalue weighted by Crippen LogP contribution is -2.06. The maximum atomic E-state index is 10.8. The third-order valence-corrected chi connectivity index (χ3v) is 17.1. The van der Waals surface area contributed by atoms with Gasteiger partial charge in [0.2, 0.25) is 0 Å². The highest BCUT2D eigenvalue weighted by Crippen LogP contribution is 2.47. The predicted molar refractivity (Wildman–Crippen MR) is 348 cm³/mol. The summed E-state index contributed by atoms with van der Waals surface area (Å²) in [5, 5.41) is 30.3. The predicted octanol–water partition coefficient (Wildman–Crippen LogP) is 18.7. The van der Waals surface area contributed by atoms with Crippen LogP contribution in [0.5, 0.6) is 0 Å². The van der Waals surface area contributed by atoms with Crippen LogP contribution in [0.4, 0.5) is 0 Å². The Kier molecular flexibility index (Phi) is 10.8. The van der Waals surface area contributed by atoms with Crippen molar-refractivity contribution < 1.29 is 0 Å². The Balaban J connectivity index is 0.963. The van der Waals surface area contributed by atoms with E-state index in [1.54, 1.807) is 0 Å². The SMILES string of the molecule is N#Cc1ccc(-c2nc(-c3ccccc3)nc(-c3ccc(-c4ccccc4C#N)cc3-n3c4ccccc4c4c3ccc3c5ccccc5n(-c5ccccc5)c34)n2)c(-n2c3ccccc3c3c2ccc2c4ccccc4n(-c4ccccc4)c23)c1. The van der Waals surface area contributed by atoms with Gasteiger partial charge in [-0.1, -0.05) is 176 Å². The number of benzene rings is 12. The van der Waals surface area contributed by atoms with Crippen LogP contribution in [0.15, 0.2) is 273 Å². The molecule has 0 spiro atoms. The molecule has 5 heterocycles. The summed E-state index contributed by atoms with van der Waals surface area (Å²) in [5.41, 5.74) is 17.1. The molecule has 398 valence electrons. The summed E-state index contributed by atoms with van der Waals surface area (Å²) in [7, 11) is 0. The van der Waals surface area contributed by atoms with Crippen molar-refractivity contribution in [3.05, 3.63) is 284 Å². The Morgan fingerprint density at radius 1 is 0.279 bits per heavy atom. The summed E-state index contributed by atoms with van der Waals surface area (Å²) in [6.07, 6.45) is 0. The van der Waals surface area contributed by atoms with Crippen molar-refractivity contribution in [2.75, 3.05) is 0 Å². The third-order valence-electron chi connectivity index (χ3n) is 17.1. The number of fused-ring (bicyclic) bond motifs is 14. The minimum Gasteiger partial charge on any atom is -0.309 e. The molecule has 0 saturated carbocycles. The van der Waals surface area contributed by atoms with Crippen LogP contribution in [-0.4, -0.2) is 33.2 Å². The molecule has 0 radical (unpaired) electrons. The molecule has 0 aliphatic heterocycles. The lowest BCUT2D eigenvalue weighted by atomic mass is 9.97. The van der Waals surface area contributed by atoms with Gasteiger partial charge in [-0.3, -0.25) is 0 Å². The molecule has 86 heavy (non-hydrogen) atoms. The van der Waals surface area contributed by atoms with Gasteiger partial charge in [-0.25, -0.2) is 15.0 Å². The van der Waals surface area contributed by atoms with Crippen molar-refractivity contribution in [2.24, 2.45) is 0 Å². The Bertz CT molecular complexity index is 5740. The molecular formula is C77H45N9. The highest BCUT2D eigenvalue weighted by Gasteiger charge is 2.27. The van der Waals surface area contributed by atoms with Gasteiger partial charge in [0.25, 0.3) is 0 Å². The molecule has 0 amide bonds. The monoisotopic (exact) mass is 1100 g/mol. The quantitative estimate of drug-likeness (QED) is 0.151. The van der Waals surface area contributed by atoms with Crippen LogP contribution in [0.1, 0.15) is 11.1 Å². The third kappa shape index (κ3) is 7.26. The molecule has 5 aromatic heterocycles. The zero-order valence-electron chi connectivity index (χ0n) is 46.0. The van der Waals surface area contributed by atoms with E-state index in [0.717, 1.165) is 127 Å². The highest BCUT2D eigenvalue weighted by atomic mass is 15.1. The normalized spacial score (nSPS) is 11.7. The average Bonchev–Trinajstić information content (AvgIpc) is 1.60. The zero-order chi connectivity index (χ0) is 57.0. The molecule has 17 aromatic rings. The summed E-state index contributed by atoms with van der Waals surface area (Å²) in [4.78, 5) is 16.5. The van der Waals surface area contributed by atoms with Crippen LogP contribution in [0.3, 0.4) is 0 Å². The van der Waals surface area contributed by atoms with Crippen LogP contribution in [0.25, 0.3) is 155 Å². The molecular weight excluding hydrogens is 1050 g/mol. The minimum atomic E-state index is 0.430. The van der Waals surface area contributed by atoms with E-state index < -0.39 is 0 Å². The van der Waals surface area contributed by atoms with E-state index in [1.165, 1.54) is 5.39 Å². The van der Waals surface area contributed by atoms with Gasteiger partial charge in [-0.15, -0.1) is 0 Å². The van der Waals surface area contributed by atoms with Gasteiger partial charge in [-0.05, 0) is 108 Å². The first-order valence-electron chi connectivity index (χ1n) is 28.6. The summed E-state index contributed by atoms with van der Waals surface area (Å²) >= 11 is 0. The average molecular weight is 1100 g/mol. The Morgan fingerprint density at radius 3 is 1.23 bits per heavy atom. The second-order valence-corrected chi connectivity index (χ2v) is 21.7. The maximum Gasteiger partial charge on any atom is 0.166 e. The second-order valence-electron chi connectivity index (χ2n) is 21.7. The molecule has 0 fully saturated rings. The Hall–Kier alpha value is -12.2. The van der Waals surface area contributed by atoms with E-state index >= 15 is 0 Å². The molecule has 0 unspecified atom stereocenters. The van der Waals surface area contributed by atoms with E-state index in [-0.39, 0.29) is 0 Å². The van der Waals surface area contributed by atoms with Crippen molar-refractivity contribution in [1.29, 1.82) is 10.5 Å². The summed E-state index contributed by atoms with van der Waals surface area (Å²) in [6, 6.07) is 99.4. The standard InChI is InChI=1S/C77H45N9/c78-46-48-36-38-61(69(44-48)85-65-34-18-14-30-59(65)71-67(85)42-40-57-55-28-12-16-32-63(55)83(73(57)71)52-23-6-2-7-24-52)76-80-75(49-20-4-1-5-21-49)81-77(82-76)62-39-37-50(54-27-11-10-22-51(54)47-79)45-70(62)86-66-35-19-15-31-60(66)72-68(86)43-41-58-56-29-13-17-33-64(56)84(74(58)72)53-25-8-3-9-26-53/h1-45H. The van der Waals surface area contributed by atoms with Crippen LogP contribution in [0, 0.1) is 22.7 Å². The molecule has 9 heteroatoms. The van der Waals surface area contributed by atoms with Crippen molar-refractivity contribution in [2.45, 2.75) is 0 Å². The van der Waals surface area contributed by atoms with Gasteiger partial charge in [0.05, 0.1) is 78.8 Å². The Morgan fingerprint density at radius 2 is 0.709 bits per heavy atom. The minimum absolute atomic E-state index is 0.430. The molecule has 0 bridgehead atoms. The molecule has 0 atom stereocenters. The molecule has 0 saturated heterocycles. The fourth-order valence-electron chi connectivity index (χ4n) is 13.4. The number of para-hydroxylation sites is 6. The molecule has 0 aliphatic carbocycles. The fraction of sp³-hybridized carbons (Fsp3) is 0. The number of hydrogen-bond donors (Lipinski definition) is 0. The van der Waals surface area contributed by atoms with Crippen LogP contribution in [-0.2, 0) is 0 Å². The zero-order valence-corrected chi connectivity index (χ0v) is 46.0. The molecule has 0 aliphatic rings. The summed E-state index contributed by atoms with van der Waals surface area (Å²) in [5.74, 6) is 1.36. The van der Waals surface area contributed by atoms with Crippen LogP contribution in [0.2, 0.25) is 0 Å². The number of nitrogens with zero attached hydrogens (tertiary/aromatic N) is 9. The van der Waals surface area contributed by atoms with E-state index in [1.807, 2.05) is 72.8 Å². The number of rotatable bonds is 8. The molecule has 0 N–H and O–H groups in total. The second kappa shape index (κ2) is 19.2. The number of hydrogen-bond acceptors (Lipinski definition) is 5. The van der Waals surface area contributed by atoms with Gasteiger partial charge >= 0.3 is 0 Å². The summed E-state index contributed by atoms with van der Waals surface area (Å²) < 4.78 is 9.40. The topological polar surface area (TPSA) is 106 Å². The van der Waals surface area contributed by atoms with E-state index in [0.29, 0.717) is 34.2 Å². The lowest BCUT2D eigenvalue weighted by molar-refractivity contribution is 1.06. The lowest BCUT2D eigenvalue weighted by Gasteiger charge is -2.18. The van der Waals surface area contributed by atoms with Crippen LogP contribution >= 0.6 is 0 Å². The largest absolute Gasteiger partial charge is 0.309 e. The van der Waals surface area contributed by atoms with Crippen molar-refractivity contribution >= 4 is 87.2 Å². The molecule has 12 aromatic carbocycles. The summed E-state index contributed by atoms with van der Waals surface area (Å²) in [6.45, 7) is 0. The molecule has 17 rings (SSSR count). The first-order chi connectivity index (χ1) is 42.6. The first-order valence-corrected chi connectivity index (χ1v) is 28.6. The highest BCUT2D eigenvalue weighted by molar-refractivity contribution is 6.28. The number of aromatic nitrogens is 7. The molecule has 9 nitrogen and oxygen atoms in total. The fourth-order valence-corrected chi connectivity index (χ4v) is 13.4. The van der Waals surface area contributed by atoms with Gasteiger partial charge < -0.3 is 18.3 Å². The first kappa shape index (κ1) is 48.5. The van der Waals surface area contributed by atoms with Crippen LogP contribution < -0.4 is 0 Å². The van der Waals surface area contributed by atoms with E-state index in [4.69, 9.17) is 15.0 Å². The van der Waals surface area contributed by atoms with Gasteiger partial charge in [-0.2, -0.15) is 10.5 Å². The smallest absolute Gasteiger partial charge is 0.166 e. The van der Waals surface area contributed by atoms with Crippen molar-refractivity contribution in [1.82, 2.24) is 33.2 Å². The van der Waals surface area contributed by atoms with E-state index in [2.05, 4.69) is 231 Å². The van der Waals surface area contributed by atoms with E-state index in [9.17, 15) is 10.5 Å². The van der Waals surface area contributed by atoms with Gasteiger partial charge in [0, 0.05) is 71.2 Å². The van der Waals surface area contributed by atoms with Crippen molar-refractivity contribution in [3.8, 4) is 80.2 Å². The number of nitriles is 2. The maximum absolute atomic E-state index is 10.8. The van der Waals surface area contributed by atoms with Crippen molar-refractivity contribution in [3.63, 3.8) is 0 Å². The van der Waals surface area contributed by atoms with Gasteiger partial charge in [0.15, 0.2) is 17.5 Å².